The summed E-state index contributed by atoms with van der Waals surface area (Å²) < 4.78 is 0. The Labute approximate surface area is 225 Å². The highest BCUT2D eigenvalue weighted by Crippen LogP contribution is 2.60. The third-order valence-electron chi connectivity index (χ3n) is 9.69. The Morgan fingerprint density at radius 1 is 0.947 bits per heavy atom. The van der Waals surface area contributed by atoms with E-state index >= 15 is 0 Å². The zero-order chi connectivity index (χ0) is 26.3. The maximum atomic E-state index is 13.5. The van der Waals surface area contributed by atoms with Crippen molar-refractivity contribution in [1.82, 2.24) is 9.97 Å². The second-order valence-electron chi connectivity index (χ2n) is 12.4. The molecule has 7 rings (SSSR count). The van der Waals surface area contributed by atoms with Crippen molar-refractivity contribution in [2.75, 3.05) is 5.32 Å². The number of aryl methyl sites for hydroxylation is 1. The van der Waals surface area contributed by atoms with E-state index in [0.29, 0.717) is 17.8 Å². The smallest absolute Gasteiger partial charge is 0.265 e. The molecule has 0 radical (unpaired) electrons. The zero-order valence-electron chi connectivity index (χ0n) is 22.6. The van der Waals surface area contributed by atoms with Crippen LogP contribution in [0.3, 0.4) is 0 Å². The molecule has 1 heterocycles. The van der Waals surface area contributed by atoms with E-state index < -0.39 is 5.91 Å². The number of unbranched alkanes of at least 4 members (excludes halogenated alkanes) is 5. The van der Waals surface area contributed by atoms with Crippen molar-refractivity contribution >= 4 is 22.6 Å². The van der Waals surface area contributed by atoms with E-state index in [-0.39, 0.29) is 22.5 Å². The first-order valence-corrected chi connectivity index (χ1v) is 14.8. The highest BCUT2D eigenvalue weighted by molar-refractivity contribution is 6.12. The molecule has 4 N–H and O–H groups in total. The Bertz CT molecular complexity index is 1290. The normalized spacial score (nSPS) is 25.8. The van der Waals surface area contributed by atoms with E-state index in [0.717, 1.165) is 47.2 Å². The molecule has 1 amide bonds. The van der Waals surface area contributed by atoms with Crippen LogP contribution in [-0.4, -0.2) is 26.1 Å². The van der Waals surface area contributed by atoms with Gasteiger partial charge in [-0.25, -0.2) is 4.98 Å². The molecule has 0 atom stereocenters. The maximum absolute atomic E-state index is 13.5. The fraction of sp³-hybridized carbons (Fsp3) is 0.562. The Kier molecular flexibility index (Phi) is 6.83. The average molecular weight is 516 g/mol. The SMILES string of the molecule is CCCCCCCCc1c(O)c(C(=O)Nc2ncc(C34CC5CC(CC(C5)C3)C4)[nH]2)c(O)c2ccccc12. The standard InChI is InChI=1S/C32H41N3O3/c1-2-3-4-5-6-7-11-24-23-10-8-9-12-25(23)29(37)27(28(24)36)30(38)35-31-33-19-26(34-31)32-16-20-13-21(17-32)15-22(14-20)18-32/h8-10,12,19-22,36-37H,2-7,11,13-18H2,1H3,(H2,33,34,35,38). The number of phenolic OH excluding ortho intramolecular Hbond substituents is 2. The minimum Gasteiger partial charge on any atom is -0.507 e. The van der Waals surface area contributed by atoms with Crippen molar-refractivity contribution < 1.29 is 15.0 Å². The lowest BCUT2D eigenvalue weighted by Crippen LogP contribution is -2.48. The van der Waals surface area contributed by atoms with Gasteiger partial charge in [0, 0.05) is 22.1 Å². The number of phenols is 2. The molecule has 4 aliphatic carbocycles. The van der Waals surface area contributed by atoms with Crippen molar-refractivity contribution in [2.24, 2.45) is 17.8 Å². The van der Waals surface area contributed by atoms with Crippen molar-refractivity contribution in [3.63, 3.8) is 0 Å². The van der Waals surface area contributed by atoms with Gasteiger partial charge in [-0.1, -0.05) is 63.3 Å². The lowest BCUT2D eigenvalue weighted by molar-refractivity contribution is -0.00698. The average Bonchev–Trinajstić information content (AvgIpc) is 3.36. The number of carbonyl (C=O) groups excluding carboxylic acids is 1. The van der Waals surface area contributed by atoms with Crippen molar-refractivity contribution in [3.8, 4) is 11.5 Å². The van der Waals surface area contributed by atoms with Crippen LogP contribution in [0.4, 0.5) is 5.95 Å². The van der Waals surface area contributed by atoms with Gasteiger partial charge in [0.25, 0.3) is 5.91 Å². The van der Waals surface area contributed by atoms with Crippen LogP contribution in [-0.2, 0) is 11.8 Å². The number of aromatic nitrogens is 2. The van der Waals surface area contributed by atoms with Crippen molar-refractivity contribution in [1.29, 1.82) is 0 Å². The molecule has 202 valence electrons. The Morgan fingerprint density at radius 3 is 2.26 bits per heavy atom. The predicted octanol–water partition coefficient (Wildman–Crippen LogP) is 7.60. The number of anilines is 1. The number of imidazole rings is 1. The third-order valence-corrected chi connectivity index (χ3v) is 9.69. The first-order chi connectivity index (χ1) is 18.5. The van der Waals surface area contributed by atoms with Gasteiger partial charge in [0.1, 0.15) is 17.1 Å². The predicted molar refractivity (Wildman–Crippen MR) is 151 cm³/mol. The monoisotopic (exact) mass is 515 g/mol. The van der Waals surface area contributed by atoms with Gasteiger partial charge in [-0.15, -0.1) is 0 Å². The van der Waals surface area contributed by atoms with Crippen LogP contribution in [0.5, 0.6) is 11.5 Å². The van der Waals surface area contributed by atoms with Crippen molar-refractivity contribution in [2.45, 2.75) is 95.8 Å². The number of rotatable bonds is 10. The van der Waals surface area contributed by atoms with Crippen LogP contribution in [0, 0.1) is 17.8 Å². The summed E-state index contributed by atoms with van der Waals surface area (Å²) in [5.74, 6) is 1.99. The second kappa shape index (κ2) is 10.3. The number of hydrogen-bond acceptors (Lipinski definition) is 4. The van der Waals surface area contributed by atoms with E-state index in [4.69, 9.17) is 0 Å². The highest BCUT2D eigenvalue weighted by Gasteiger charge is 2.52. The molecule has 0 unspecified atom stereocenters. The van der Waals surface area contributed by atoms with Gasteiger partial charge < -0.3 is 15.2 Å². The number of fused-ring (bicyclic) bond motifs is 1. The molecule has 4 fully saturated rings. The van der Waals surface area contributed by atoms with Crippen LogP contribution in [0.1, 0.15) is 106 Å². The Balaban J connectivity index is 1.23. The first kappa shape index (κ1) is 25.3. The van der Waals surface area contributed by atoms with Crippen LogP contribution >= 0.6 is 0 Å². The number of aromatic amines is 1. The number of benzene rings is 2. The molecule has 4 aliphatic rings. The summed E-state index contributed by atoms with van der Waals surface area (Å²) in [5, 5.41) is 26.6. The van der Waals surface area contributed by atoms with Crippen LogP contribution in [0.2, 0.25) is 0 Å². The number of H-pyrrole nitrogens is 1. The van der Waals surface area contributed by atoms with Gasteiger partial charge in [-0.3, -0.25) is 10.1 Å². The van der Waals surface area contributed by atoms with Crippen LogP contribution in [0.15, 0.2) is 30.5 Å². The lowest BCUT2D eigenvalue weighted by atomic mass is 9.49. The molecule has 0 spiro atoms. The minimum atomic E-state index is -0.540. The Morgan fingerprint density at radius 2 is 1.58 bits per heavy atom. The summed E-state index contributed by atoms with van der Waals surface area (Å²) in [6.07, 6.45) is 17.2. The van der Waals surface area contributed by atoms with Gasteiger partial charge >= 0.3 is 0 Å². The summed E-state index contributed by atoms with van der Waals surface area (Å²) in [5.41, 5.74) is 1.94. The third kappa shape index (κ3) is 4.56. The van der Waals surface area contributed by atoms with E-state index in [1.54, 1.807) is 0 Å². The largest absolute Gasteiger partial charge is 0.507 e. The molecule has 3 aromatic rings. The van der Waals surface area contributed by atoms with Crippen LogP contribution < -0.4 is 5.32 Å². The van der Waals surface area contributed by atoms with Gasteiger partial charge in [0.05, 0.1) is 6.20 Å². The first-order valence-electron chi connectivity index (χ1n) is 14.8. The summed E-state index contributed by atoms with van der Waals surface area (Å²) in [6.45, 7) is 2.21. The molecule has 4 saturated carbocycles. The summed E-state index contributed by atoms with van der Waals surface area (Å²) in [6, 6.07) is 7.47. The number of nitrogens with one attached hydrogen (secondary N) is 2. The number of aromatic hydroxyl groups is 2. The second-order valence-corrected chi connectivity index (χ2v) is 12.4. The van der Waals surface area contributed by atoms with E-state index in [2.05, 4.69) is 22.2 Å². The number of nitrogens with zero attached hydrogens (tertiary/aromatic N) is 1. The summed E-state index contributed by atoms with van der Waals surface area (Å²) in [4.78, 5) is 21.4. The number of hydrogen-bond donors (Lipinski definition) is 4. The van der Waals surface area contributed by atoms with Gasteiger partial charge in [-0.05, 0) is 74.5 Å². The van der Waals surface area contributed by atoms with Gasteiger partial charge in [0.2, 0.25) is 5.95 Å². The molecule has 4 bridgehead atoms. The lowest BCUT2D eigenvalue weighted by Gasteiger charge is -2.56. The number of carbonyl (C=O) groups is 1. The topological polar surface area (TPSA) is 98.2 Å². The molecule has 0 saturated heterocycles. The molecule has 38 heavy (non-hydrogen) atoms. The molecule has 2 aromatic carbocycles. The van der Waals surface area contributed by atoms with Gasteiger partial charge in [-0.2, -0.15) is 0 Å². The Hall–Kier alpha value is -3.02. The fourth-order valence-electron chi connectivity index (χ4n) is 8.29. The van der Waals surface area contributed by atoms with Crippen LogP contribution in [0.25, 0.3) is 10.8 Å². The quantitative estimate of drug-likeness (QED) is 0.209. The molecule has 6 nitrogen and oxygen atoms in total. The summed E-state index contributed by atoms with van der Waals surface area (Å²) >= 11 is 0. The number of amides is 1. The highest BCUT2D eigenvalue weighted by atomic mass is 16.3. The molecular formula is C32H41N3O3. The maximum Gasteiger partial charge on any atom is 0.265 e. The van der Waals surface area contributed by atoms with Crippen molar-refractivity contribution in [3.05, 3.63) is 47.3 Å². The summed E-state index contributed by atoms with van der Waals surface area (Å²) in [7, 11) is 0. The molecule has 6 heteroatoms. The fourth-order valence-corrected chi connectivity index (χ4v) is 8.29. The molecular weight excluding hydrogens is 474 g/mol. The van der Waals surface area contributed by atoms with E-state index in [1.165, 1.54) is 64.2 Å². The molecule has 0 aliphatic heterocycles. The zero-order valence-corrected chi connectivity index (χ0v) is 22.6. The minimum absolute atomic E-state index is 0.0718. The van der Waals surface area contributed by atoms with E-state index in [9.17, 15) is 15.0 Å². The molecule has 1 aromatic heterocycles. The van der Waals surface area contributed by atoms with Gasteiger partial charge in [0.15, 0.2) is 0 Å². The van der Waals surface area contributed by atoms with E-state index in [1.807, 2.05) is 30.5 Å².